The van der Waals surface area contributed by atoms with Gasteiger partial charge in [-0.3, -0.25) is 4.79 Å². The molecule has 0 aliphatic carbocycles. The van der Waals surface area contributed by atoms with E-state index in [1.54, 1.807) is 0 Å². The highest BCUT2D eigenvalue weighted by atomic mass is 35.5. The lowest BCUT2D eigenvalue weighted by atomic mass is 9.79. The Morgan fingerprint density at radius 1 is 0.972 bits per heavy atom. The highest BCUT2D eigenvalue weighted by molar-refractivity contribution is 6.30. The van der Waals surface area contributed by atoms with Crippen LogP contribution in [0.1, 0.15) is 56.1 Å². The Kier molecular flexibility index (Phi) is 6.61. The van der Waals surface area contributed by atoms with E-state index in [0.717, 1.165) is 53.8 Å². The summed E-state index contributed by atoms with van der Waals surface area (Å²) < 4.78 is 2.26. The van der Waals surface area contributed by atoms with Crippen LogP contribution in [-0.2, 0) is 10.3 Å². The third-order valence-electron chi connectivity index (χ3n) is 8.62. The van der Waals surface area contributed by atoms with Gasteiger partial charge in [-0.05, 0) is 74.4 Å². The van der Waals surface area contributed by atoms with Gasteiger partial charge in [0, 0.05) is 49.0 Å². The van der Waals surface area contributed by atoms with E-state index in [-0.39, 0.29) is 5.91 Å². The van der Waals surface area contributed by atoms with Crippen LogP contribution < -0.4 is 0 Å². The van der Waals surface area contributed by atoms with Crippen LogP contribution >= 0.6 is 11.6 Å². The van der Waals surface area contributed by atoms with E-state index in [1.807, 2.05) is 18.3 Å². The first kappa shape index (κ1) is 23.7. The molecule has 0 radical (unpaired) electrons. The molecule has 1 atom stereocenters. The Balaban J connectivity index is 1.19. The Bertz CT molecular complexity index is 1210. The van der Waals surface area contributed by atoms with Crippen molar-refractivity contribution >= 4 is 17.5 Å². The molecule has 0 bridgehead atoms. The maximum Gasteiger partial charge on any atom is 0.222 e. The van der Waals surface area contributed by atoms with Gasteiger partial charge in [0.25, 0.3) is 0 Å². The molecule has 0 N–H and O–H groups in total. The largest absolute Gasteiger partial charge is 0.343 e. The molecule has 188 valence electrons. The predicted molar refractivity (Wildman–Crippen MR) is 144 cm³/mol. The minimum Gasteiger partial charge on any atom is -0.343 e. The number of aromatic nitrogens is 2. The summed E-state index contributed by atoms with van der Waals surface area (Å²) in [7, 11) is 0. The summed E-state index contributed by atoms with van der Waals surface area (Å²) in [5.41, 5.74) is 3.03. The molecular weight excluding hydrogens is 468 g/mol. The number of nitrogens with zero attached hydrogens (tertiary/aromatic N) is 4. The average molecular weight is 503 g/mol. The zero-order chi connectivity index (χ0) is 24.5. The smallest absolute Gasteiger partial charge is 0.222 e. The Morgan fingerprint density at radius 2 is 1.72 bits per heavy atom. The van der Waals surface area contributed by atoms with E-state index >= 15 is 0 Å². The molecular formula is C30H35ClN4O. The van der Waals surface area contributed by atoms with Gasteiger partial charge in [0.2, 0.25) is 5.91 Å². The summed E-state index contributed by atoms with van der Waals surface area (Å²) in [6, 6.07) is 16.6. The number of amides is 1. The number of carbonyl (C=O) groups is 1. The second-order valence-electron chi connectivity index (χ2n) is 10.7. The van der Waals surface area contributed by atoms with Crippen molar-refractivity contribution in [1.29, 1.82) is 0 Å². The molecule has 3 aromatic rings. The van der Waals surface area contributed by atoms with Crippen molar-refractivity contribution in [3.8, 4) is 11.4 Å². The zero-order valence-corrected chi connectivity index (χ0v) is 21.7. The first-order valence-corrected chi connectivity index (χ1v) is 13.9. The molecule has 1 amide bonds. The molecule has 0 spiro atoms. The molecule has 1 aromatic heterocycles. The van der Waals surface area contributed by atoms with Crippen molar-refractivity contribution < 1.29 is 4.79 Å². The van der Waals surface area contributed by atoms with Crippen LogP contribution in [-0.4, -0.2) is 58.0 Å². The summed E-state index contributed by atoms with van der Waals surface area (Å²) in [6.07, 6.45) is 11.4. The molecule has 2 fully saturated rings. The van der Waals surface area contributed by atoms with Crippen LogP contribution in [0, 0.1) is 5.92 Å². The molecule has 6 heteroatoms. The minimum absolute atomic E-state index is 0.269. The fraction of sp³-hybridized carbons (Fsp3) is 0.467. The van der Waals surface area contributed by atoms with Gasteiger partial charge in [-0.15, -0.1) is 0 Å². The number of rotatable bonds is 6. The van der Waals surface area contributed by atoms with E-state index < -0.39 is 5.54 Å². The first-order valence-electron chi connectivity index (χ1n) is 13.5. The molecule has 1 unspecified atom stereocenters. The van der Waals surface area contributed by atoms with Gasteiger partial charge >= 0.3 is 0 Å². The number of carbonyl (C=O) groups excluding carboxylic acids is 1. The second kappa shape index (κ2) is 10.0. The summed E-state index contributed by atoms with van der Waals surface area (Å²) in [5.74, 6) is 1.96. The molecule has 2 aromatic carbocycles. The fourth-order valence-electron chi connectivity index (χ4n) is 6.72. The third-order valence-corrected chi connectivity index (χ3v) is 8.87. The molecule has 3 aliphatic rings. The normalized spacial score (nSPS) is 22.4. The van der Waals surface area contributed by atoms with Crippen molar-refractivity contribution in [3.63, 3.8) is 0 Å². The number of imidazole rings is 1. The van der Waals surface area contributed by atoms with Crippen molar-refractivity contribution in [2.24, 2.45) is 5.92 Å². The lowest BCUT2D eigenvalue weighted by molar-refractivity contribution is -0.133. The van der Waals surface area contributed by atoms with Gasteiger partial charge in [-0.2, -0.15) is 0 Å². The van der Waals surface area contributed by atoms with Crippen LogP contribution in [0.2, 0.25) is 5.02 Å². The summed E-state index contributed by atoms with van der Waals surface area (Å²) >= 11 is 6.26. The summed E-state index contributed by atoms with van der Waals surface area (Å²) in [6.45, 7) is 5.49. The fourth-order valence-corrected chi connectivity index (χ4v) is 6.84. The Labute approximate surface area is 219 Å². The van der Waals surface area contributed by atoms with Gasteiger partial charge in [-0.25, -0.2) is 4.98 Å². The molecule has 36 heavy (non-hydrogen) atoms. The first-order chi connectivity index (χ1) is 17.6. The van der Waals surface area contributed by atoms with Crippen LogP contribution in [0.15, 0.2) is 60.9 Å². The number of hydrogen-bond acceptors (Lipinski definition) is 3. The maximum absolute atomic E-state index is 13.5. The second-order valence-corrected chi connectivity index (χ2v) is 11.2. The van der Waals surface area contributed by atoms with Gasteiger partial charge < -0.3 is 14.4 Å². The van der Waals surface area contributed by atoms with Gasteiger partial charge in [-0.1, -0.05) is 54.4 Å². The predicted octanol–water partition coefficient (Wildman–Crippen LogP) is 5.81. The van der Waals surface area contributed by atoms with Crippen molar-refractivity contribution in [2.45, 2.75) is 50.5 Å². The number of halogens is 1. The van der Waals surface area contributed by atoms with E-state index in [4.69, 9.17) is 11.6 Å². The van der Waals surface area contributed by atoms with Gasteiger partial charge in [0.05, 0.1) is 5.54 Å². The van der Waals surface area contributed by atoms with E-state index in [9.17, 15) is 4.79 Å². The standard InChI is InChI=1S/C30H35ClN4O/c31-25-10-8-24(9-11-25)30(27-7-3-2-6-26(27)29-32-16-21-35(29)30)15-12-28(36)34-19-13-23(14-20-34)22-33-17-4-1-5-18-33/h2-3,6-11,16,21,23H,1,4-5,12-15,17-20,22H2. The average Bonchev–Trinajstić information content (AvgIpc) is 3.50. The molecule has 0 saturated carbocycles. The maximum atomic E-state index is 13.5. The monoisotopic (exact) mass is 502 g/mol. The topological polar surface area (TPSA) is 41.4 Å². The van der Waals surface area contributed by atoms with E-state index in [1.165, 1.54) is 44.5 Å². The van der Waals surface area contributed by atoms with Crippen LogP contribution in [0.25, 0.3) is 11.4 Å². The van der Waals surface area contributed by atoms with E-state index in [0.29, 0.717) is 12.8 Å². The van der Waals surface area contributed by atoms with Crippen molar-refractivity contribution in [1.82, 2.24) is 19.4 Å². The zero-order valence-electron chi connectivity index (χ0n) is 20.9. The molecule has 3 aliphatic heterocycles. The number of benzene rings is 2. The number of hydrogen-bond donors (Lipinski definition) is 0. The third kappa shape index (κ3) is 4.26. The molecule has 5 nitrogen and oxygen atoms in total. The quantitative estimate of drug-likeness (QED) is 0.427. The minimum atomic E-state index is -0.463. The Morgan fingerprint density at radius 3 is 2.50 bits per heavy atom. The summed E-state index contributed by atoms with van der Waals surface area (Å²) in [4.78, 5) is 22.9. The number of fused-ring (bicyclic) bond motifs is 3. The molecule has 6 rings (SSSR count). The van der Waals surface area contributed by atoms with Crippen molar-refractivity contribution in [2.75, 3.05) is 32.7 Å². The van der Waals surface area contributed by atoms with Crippen molar-refractivity contribution in [3.05, 3.63) is 77.1 Å². The molecule has 4 heterocycles. The number of piperidine rings is 2. The lowest BCUT2D eigenvalue weighted by Crippen LogP contribution is -2.43. The van der Waals surface area contributed by atoms with E-state index in [2.05, 4.69) is 61.9 Å². The van der Waals surface area contributed by atoms with Gasteiger partial charge in [0.1, 0.15) is 5.82 Å². The highest BCUT2D eigenvalue weighted by Gasteiger charge is 2.45. The summed E-state index contributed by atoms with van der Waals surface area (Å²) in [5, 5.41) is 0.717. The Hall–Kier alpha value is -2.63. The van der Waals surface area contributed by atoms with Crippen LogP contribution in [0.3, 0.4) is 0 Å². The molecule has 2 saturated heterocycles. The lowest BCUT2D eigenvalue weighted by Gasteiger charge is -2.37. The van der Waals surface area contributed by atoms with Crippen LogP contribution in [0.5, 0.6) is 0 Å². The SMILES string of the molecule is O=C(CCC1(c2ccc(Cl)cc2)c2ccccc2-c2nccn21)N1CCC(CN2CCCCC2)CC1. The number of likely N-dealkylation sites (tertiary alicyclic amines) is 2. The van der Waals surface area contributed by atoms with Crippen LogP contribution in [0.4, 0.5) is 0 Å². The van der Waals surface area contributed by atoms with Gasteiger partial charge in [0.15, 0.2) is 0 Å². The highest BCUT2D eigenvalue weighted by Crippen LogP contribution is 2.49.